The summed E-state index contributed by atoms with van der Waals surface area (Å²) < 4.78 is 6.75. The molecule has 0 bridgehead atoms. The summed E-state index contributed by atoms with van der Waals surface area (Å²) in [7, 11) is 0. The molecule has 0 unspecified atom stereocenters. The van der Waals surface area contributed by atoms with E-state index in [-0.39, 0.29) is 6.03 Å². The van der Waals surface area contributed by atoms with Crippen LogP contribution in [0.2, 0.25) is 0 Å². The van der Waals surface area contributed by atoms with Crippen molar-refractivity contribution in [1.82, 2.24) is 10.6 Å². The van der Waals surface area contributed by atoms with Crippen LogP contribution in [0.4, 0.5) is 4.79 Å². The summed E-state index contributed by atoms with van der Waals surface area (Å²) in [5.74, 6) is 0.899. The molecule has 2 N–H and O–H groups in total. The quantitative estimate of drug-likeness (QED) is 0.667. The molecule has 0 saturated heterocycles. The molecule has 2 amide bonds. The second kappa shape index (κ2) is 9.98. The first-order valence-electron chi connectivity index (χ1n) is 8.10. The maximum Gasteiger partial charge on any atom is 0.314 e. The molecule has 0 aliphatic rings. The van der Waals surface area contributed by atoms with Crippen LogP contribution >= 0.6 is 15.9 Å². The lowest BCUT2D eigenvalue weighted by Gasteiger charge is -2.10. The van der Waals surface area contributed by atoms with Gasteiger partial charge < -0.3 is 15.4 Å². The van der Waals surface area contributed by atoms with Crippen molar-refractivity contribution in [3.63, 3.8) is 0 Å². The van der Waals surface area contributed by atoms with E-state index in [0.29, 0.717) is 19.7 Å². The highest BCUT2D eigenvalue weighted by molar-refractivity contribution is 9.10. The van der Waals surface area contributed by atoms with Crippen molar-refractivity contribution < 1.29 is 9.53 Å². The largest absolute Gasteiger partial charge is 0.493 e. The number of carbonyl (C=O) groups excluding carboxylic acids is 1. The Morgan fingerprint density at radius 1 is 1.08 bits per heavy atom. The van der Waals surface area contributed by atoms with Crippen LogP contribution in [0.1, 0.15) is 17.5 Å². The molecular formula is C19H23BrN2O2. The zero-order chi connectivity index (χ0) is 17.2. The van der Waals surface area contributed by atoms with Gasteiger partial charge in [-0.3, -0.25) is 0 Å². The fourth-order valence-electron chi connectivity index (χ4n) is 2.25. The van der Waals surface area contributed by atoms with Crippen molar-refractivity contribution >= 4 is 22.0 Å². The SMILES string of the molecule is Cc1ccccc1OCCCNC(=O)NCCc1cccc(Br)c1. The Balaban J connectivity index is 1.54. The summed E-state index contributed by atoms with van der Waals surface area (Å²) in [6.07, 6.45) is 1.58. The number of hydrogen-bond donors (Lipinski definition) is 2. The van der Waals surface area contributed by atoms with Crippen LogP contribution in [0.3, 0.4) is 0 Å². The normalized spacial score (nSPS) is 10.2. The first-order valence-corrected chi connectivity index (χ1v) is 8.89. The molecule has 2 aromatic rings. The number of urea groups is 1. The molecule has 24 heavy (non-hydrogen) atoms. The zero-order valence-electron chi connectivity index (χ0n) is 13.8. The fourth-order valence-corrected chi connectivity index (χ4v) is 2.70. The predicted molar refractivity (Wildman–Crippen MR) is 101 cm³/mol. The summed E-state index contributed by atoms with van der Waals surface area (Å²) in [4.78, 5) is 11.7. The standard InChI is InChI=1S/C19H23BrN2O2/c1-15-6-2-3-9-18(15)24-13-5-11-21-19(23)22-12-10-16-7-4-8-17(20)14-16/h2-4,6-9,14H,5,10-13H2,1H3,(H2,21,22,23). The topological polar surface area (TPSA) is 50.4 Å². The molecule has 0 radical (unpaired) electrons. The molecule has 0 spiro atoms. The predicted octanol–water partition coefficient (Wildman–Crippen LogP) is 4.07. The van der Waals surface area contributed by atoms with Crippen LogP contribution in [0.25, 0.3) is 0 Å². The number of rotatable bonds is 8. The molecule has 2 rings (SSSR count). The van der Waals surface area contributed by atoms with Gasteiger partial charge in [0.25, 0.3) is 0 Å². The van der Waals surface area contributed by atoms with Gasteiger partial charge in [0.05, 0.1) is 6.61 Å². The maximum atomic E-state index is 11.7. The molecule has 0 atom stereocenters. The summed E-state index contributed by atoms with van der Waals surface area (Å²) in [6.45, 7) is 3.81. The number of carbonyl (C=O) groups is 1. The van der Waals surface area contributed by atoms with E-state index < -0.39 is 0 Å². The molecule has 4 nitrogen and oxygen atoms in total. The number of halogens is 1. The van der Waals surface area contributed by atoms with Crippen LogP contribution < -0.4 is 15.4 Å². The molecule has 0 heterocycles. The van der Waals surface area contributed by atoms with Gasteiger partial charge in [0, 0.05) is 17.6 Å². The second-order valence-corrected chi connectivity index (χ2v) is 6.45. The van der Waals surface area contributed by atoms with Crippen molar-refractivity contribution in [2.24, 2.45) is 0 Å². The van der Waals surface area contributed by atoms with Gasteiger partial charge in [0.1, 0.15) is 5.75 Å². The van der Waals surface area contributed by atoms with E-state index in [1.54, 1.807) is 0 Å². The average Bonchev–Trinajstić information content (AvgIpc) is 2.56. The minimum absolute atomic E-state index is 0.138. The van der Waals surface area contributed by atoms with E-state index in [0.717, 1.165) is 28.6 Å². The Morgan fingerprint density at radius 3 is 2.67 bits per heavy atom. The highest BCUT2D eigenvalue weighted by atomic mass is 79.9. The first-order chi connectivity index (χ1) is 11.6. The minimum Gasteiger partial charge on any atom is -0.493 e. The van der Waals surface area contributed by atoms with Crippen LogP contribution in [-0.4, -0.2) is 25.7 Å². The van der Waals surface area contributed by atoms with Crippen molar-refractivity contribution in [1.29, 1.82) is 0 Å². The third-order valence-corrected chi connectivity index (χ3v) is 4.04. The van der Waals surface area contributed by atoms with E-state index in [1.807, 2.05) is 49.4 Å². The number of benzene rings is 2. The van der Waals surface area contributed by atoms with Crippen LogP contribution in [0, 0.1) is 6.92 Å². The monoisotopic (exact) mass is 390 g/mol. The Hall–Kier alpha value is -2.01. The Bertz CT molecular complexity index is 661. The molecule has 0 aromatic heterocycles. The summed E-state index contributed by atoms with van der Waals surface area (Å²) in [5, 5.41) is 5.70. The van der Waals surface area contributed by atoms with Gasteiger partial charge in [-0.25, -0.2) is 4.79 Å². The van der Waals surface area contributed by atoms with Crippen molar-refractivity contribution in [3.05, 3.63) is 64.1 Å². The van der Waals surface area contributed by atoms with Gasteiger partial charge in [0.2, 0.25) is 0 Å². The van der Waals surface area contributed by atoms with Gasteiger partial charge in [0.15, 0.2) is 0 Å². The van der Waals surface area contributed by atoms with Crippen molar-refractivity contribution in [2.75, 3.05) is 19.7 Å². The molecule has 0 fully saturated rings. The highest BCUT2D eigenvalue weighted by Gasteiger charge is 2.01. The second-order valence-electron chi connectivity index (χ2n) is 5.53. The number of hydrogen-bond acceptors (Lipinski definition) is 2. The lowest BCUT2D eigenvalue weighted by atomic mass is 10.1. The number of ether oxygens (including phenoxy) is 1. The van der Waals surface area contributed by atoms with E-state index in [9.17, 15) is 4.79 Å². The molecule has 5 heteroatoms. The smallest absolute Gasteiger partial charge is 0.314 e. The average molecular weight is 391 g/mol. The summed E-state index contributed by atoms with van der Waals surface area (Å²) in [5.41, 5.74) is 2.31. The number of nitrogens with one attached hydrogen (secondary N) is 2. The Labute approximate surface area is 151 Å². The third-order valence-electron chi connectivity index (χ3n) is 3.55. The zero-order valence-corrected chi connectivity index (χ0v) is 15.4. The van der Waals surface area contributed by atoms with E-state index in [2.05, 4.69) is 32.6 Å². The maximum absolute atomic E-state index is 11.7. The van der Waals surface area contributed by atoms with Crippen molar-refractivity contribution in [2.45, 2.75) is 19.8 Å². The molecule has 0 aliphatic carbocycles. The van der Waals surface area contributed by atoms with Crippen LogP contribution in [0.5, 0.6) is 5.75 Å². The van der Waals surface area contributed by atoms with Gasteiger partial charge >= 0.3 is 6.03 Å². The lowest BCUT2D eigenvalue weighted by molar-refractivity contribution is 0.239. The number of amides is 2. The van der Waals surface area contributed by atoms with Gasteiger partial charge in [-0.15, -0.1) is 0 Å². The fraction of sp³-hybridized carbons (Fsp3) is 0.316. The number of aryl methyl sites for hydroxylation is 1. The molecule has 0 saturated carbocycles. The van der Waals surface area contributed by atoms with Crippen LogP contribution in [0.15, 0.2) is 53.0 Å². The minimum atomic E-state index is -0.138. The summed E-state index contributed by atoms with van der Waals surface area (Å²) >= 11 is 3.44. The van der Waals surface area contributed by atoms with E-state index in [1.165, 1.54) is 5.56 Å². The number of para-hydroxylation sites is 1. The van der Waals surface area contributed by atoms with Crippen molar-refractivity contribution in [3.8, 4) is 5.75 Å². The third kappa shape index (κ3) is 6.62. The highest BCUT2D eigenvalue weighted by Crippen LogP contribution is 2.16. The van der Waals surface area contributed by atoms with Gasteiger partial charge in [-0.05, 0) is 49.1 Å². The lowest BCUT2D eigenvalue weighted by Crippen LogP contribution is -2.37. The molecule has 128 valence electrons. The first kappa shape index (κ1) is 18.3. The van der Waals surface area contributed by atoms with E-state index in [4.69, 9.17) is 4.74 Å². The molecular weight excluding hydrogens is 368 g/mol. The molecule has 2 aromatic carbocycles. The van der Waals surface area contributed by atoms with Gasteiger partial charge in [-0.2, -0.15) is 0 Å². The van der Waals surface area contributed by atoms with Gasteiger partial charge in [-0.1, -0.05) is 46.3 Å². The summed E-state index contributed by atoms with van der Waals surface area (Å²) in [6, 6.07) is 15.9. The molecule has 0 aliphatic heterocycles. The van der Waals surface area contributed by atoms with E-state index >= 15 is 0 Å². The Morgan fingerprint density at radius 2 is 1.88 bits per heavy atom. The van der Waals surface area contributed by atoms with Crippen LogP contribution in [-0.2, 0) is 6.42 Å². The Kier molecular flexibility index (Phi) is 7.62.